The monoisotopic (exact) mass is 271 g/mol. The van der Waals surface area contributed by atoms with Gasteiger partial charge in [-0.1, -0.05) is 6.07 Å². The fourth-order valence-corrected chi connectivity index (χ4v) is 1.75. The quantitative estimate of drug-likeness (QED) is 0.825. The zero-order chi connectivity index (χ0) is 12.1. The Balaban J connectivity index is 0.00000162. The van der Waals surface area contributed by atoms with Crippen LogP contribution in [0, 0.1) is 0 Å². The molecule has 1 aromatic carbocycles. The number of hydrogen-bond acceptors (Lipinski definition) is 5. The first kappa shape index (κ1) is 14.4. The number of para-hydroxylation sites is 1. The van der Waals surface area contributed by atoms with Crippen LogP contribution in [0.3, 0.4) is 0 Å². The summed E-state index contributed by atoms with van der Waals surface area (Å²) >= 11 is 0. The molecule has 1 heterocycles. The summed E-state index contributed by atoms with van der Waals surface area (Å²) in [6.07, 6.45) is 2.08. The lowest BCUT2D eigenvalue weighted by Crippen LogP contribution is -2.28. The van der Waals surface area contributed by atoms with E-state index in [2.05, 4.69) is 15.8 Å². The van der Waals surface area contributed by atoms with Gasteiger partial charge in [0.2, 0.25) is 0 Å². The Morgan fingerprint density at radius 3 is 2.28 bits per heavy atom. The zero-order valence-electron chi connectivity index (χ0n) is 10.5. The van der Waals surface area contributed by atoms with E-state index in [9.17, 15) is 0 Å². The number of nitrogens with one attached hydrogen (secondary N) is 2. The summed E-state index contributed by atoms with van der Waals surface area (Å²) in [7, 11) is 3.26. The number of aliphatic imine (C=N–C) groups is 1. The van der Waals surface area contributed by atoms with Gasteiger partial charge in [0.05, 0.1) is 14.2 Å². The molecule has 100 valence electrons. The highest BCUT2D eigenvalue weighted by atomic mass is 35.5. The lowest BCUT2D eigenvalue weighted by atomic mass is 10.2. The van der Waals surface area contributed by atoms with E-state index in [1.807, 2.05) is 18.2 Å². The van der Waals surface area contributed by atoms with Crippen LogP contribution in [0.15, 0.2) is 23.2 Å². The average molecular weight is 272 g/mol. The minimum atomic E-state index is 0. The largest absolute Gasteiger partial charge is 0.494 e. The number of hydrazine groups is 1. The third-order valence-electron chi connectivity index (χ3n) is 2.63. The number of anilines is 1. The SMILES string of the molecule is COc1cccc(OC)c1NNC1=NCCC1.Cl. The van der Waals surface area contributed by atoms with E-state index >= 15 is 0 Å². The number of hydrogen-bond donors (Lipinski definition) is 2. The molecular formula is C12H18ClN3O2. The third kappa shape index (κ3) is 3.20. The van der Waals surface area contributed by atoms with Crippen molar-refractivity contribution < 1.29 is 9.47 Å². The number of nitrogens with zero attached hydrogens (tertiary/aromatic N) is 1. The van der Waals surface area contributed by atoms with Gasteiger partial charge in [0, 0.05) is 13.0 Å². The van der Waals surface area contributed by atoms with Gasteiger partial charge in [-0.3, -0.25) is 15.8 Å². The molecule has 0 fully saturated rings. The van der Waals surface area contributed by atoms with E-state index in [0.29, 0.717) is 0 Å². The Hall–Kier alpha value is -1.62. The topological polar surface area (TPSA) is 54.9 Å². The molecule has 1 aliphatic rings. The Morgan fingerprint density at radius 1 is 1.11 bits per heavy atom. The molecule has 1 aliphatic heterocycles. The van der Waals surface area contributed by atoms with Gasteiger partial charge in [-0.25, -0.2) is 0 Å². The summed E-state index contributed by atoms with van der Waals surface area (Å²) in [6, 6.07) is 5.64. The number of halogens is 1. The molecular weight excluding hydrogens is 254 g/mol. The molecule has 6 heteroatoms. The molecule has 0 spiro atoms. The average Bonchev–Trinajstić information content (AvgIpc) is 2.88. The lowest BCUT2D eigenvalue weighted by Gasteiger charge is -2.15. The van der Waals surface area contributed by atoms with Crippen LogP contribution in [-0.2, 0) is 0 Å². The summed E-state index contributed by atoms with van der Waals surface area (Å²) < 4.78 is 10.6. The van der Waals surface area contributed by atoms with Crippen molar-refractivity contribution in [3.05, 3.63) is 18.2 Å². The van der Waals surface area contributed by atoms with Gasteiger partial charge in [-0.2, -0.15) is 0 Å². The highest BCUT2D eigenvalue weighted by Crippen LogP contribution is 2.33. The fraction of sp³-hybridized carbons (Fsp3) is 0.417. The number of methoxy groups -OCH3 is 2. The van der Waals surface area contributed by atoms with Crippen LogP contribution < -0.4 is 20.3 Å². The second kappa shape index (κ2) is 6.96. The second-order valence-corrected chi connectivity index (χ2v) is 3.72. The van der Waals surface area contributed by atoms with Crippen molar-refractivity contribution in [3.63, 3.8) is 0 Å². The Morgan fingerprint density at radius 2 is 1.78 bits per heavy atom. The van der Waals surface area contributed by atoms with Gasteiger partial charge in [0.15, 0.2) is 0 Å². The summed E-state index contributed by atoms with van der Waals surface area (Å²) in [5.74, 6) is 2.43. The molecule has 0 saturated heterocycles. The van der Waals surface area contributed by atoms with Crippen molar-refractivity contribution in [1.82, 2.24) is 5.43 Å². The lowest BCUT2D eigenvalue weighted by molar-refractivity contribution is 0.397. The number of rotatable bonds is 4. The molecule has 1 aromatic rings. The van der Waals surface area contributed by atoms with Gasteiger partial charge >= 0.3 is 0 Å². The van der Waals surface area contributed by atoms with Crippen LogP contribution in [0.5, 0.6) is 11.5 Å². The normalized spacial score (nSPS) is 13.3. The van der Waals surface area contributed by atoms with Gasteiger partial charge in [-0.05, 0) is 18.6 Å². The number of ether oxygens (including phenoxy) is 2. The third-order valence-corrected chi connectivity index (χ3v) is 2.63. The van der Waals surface area contributed by atoms with Crippen LogP contribution in [0.1, 0.15) is 12.8 Å². The maximum atomic E-state index is 5.28. The van der Waals surface area contributed by atoms with Crippen LogP contribution in [-0.4, -0.2) is 26.6 Å². The van der Waals surface area contributed by atoms with E-state index in [0.717, 1.165) is 42.4 Å². The first-order valence-corrected chi connectivity index (χ1v) is 5.61. The van der Waals surface area contributed by atoms with Crippen molar-refractivity contribution >= 4 is 23.9 Å². The van der Waals surface area contributed by atoms with Crippen molar-refractivity contribution in [2.24, 2.45) is 4.99 Å². The van der Waals surface area contributed by atoms with Crippen LogP contribution >= 0.6 is 12.4 Å². The zero-order valence-corrected chi connectivity index (χ0v) is 11.3. The predicted molar refractivity (Wildman–Crippen MR) is 75.1 cm³/mol. The molecule has 0 unspecified atom stereocenters. The highest BCUT2D eigenvalue weighted by molar-refractivity contribution is 5.85. The molecule has 0 aromatic heterocycles. The molecule has 0 aliphatic carbocycles. The van der Waals surface area contributed by atoms with Crippen molar-refractivity contribution in [2.75, 3.05) is 26.2 Å². The molecule has 0 radical (unpaired) electrons. The van der Waals surface area contributed by atoms with Crippen LogP contribution in [0.25, 0.3) is 0 Å². The summed E-state index contributed by atoms with van der Waals surface area (Å²) in [5.41, 5.74) is 6.97. The molecule has 0 bridgehead atoms. The van der Waals surface area contributed by atoms with Gasteiger partial charge in [-0.15, -0.1) is 12.4 Å². The second-order valence-electron chi connectivity index (χ2n) is 3.72. The van der Waals surface area contributed by atoms with Crippen LogP contribution in [0.2, 0.25) is 0 Å². The van der Waals surface area contributed by atoms with Crippen molar-refractivity contribution in [3.8, 4) is 11.5 Å². The molecule has 0 saturated carbocycles. The predicted octanol–water partition coefficient (Wildman–Crippen LogP) is 2.23. The van der Waals surface area contributed by atoms with Crippen LogP contribution in [0.4, 0.5) is 5.69 Å². The van der Waals surface area contributed by atoms with Gasteiger partial charge in [0.1, 0.15) is 23.0 Å². The molecule has 0 atom stereocenters. The molecule has 18 heavy (non-hydrogen) atoms. The van der Waals surface area contributed by atoms with E-state index < -0.39 is 0 Å². The smallest absolute Gasteiger partial charge is 0.147 e. The Bertz CT molecular complexity index is 402. The molecule has 5 nitrogen and oxygen atoms in total. The standard InChI is InChI=1S/C12H17N3O2.ClH/c1-16-9-5-3-6-10(17-2)12(9)15-14-11-7-4-8-13-11;/h3,5-6,15H,4,7-8H2,1-2H3,(H,13,14);1H. The number of benzene rings is 1. The number of amidine groups is 1. The maximum absolute atomic E-state index is 5.28. The van der Waals surface area contributed by atoms with E-state index in [-0.39, 0.29) is 12.4 Å². The summed E-state index contributed by atoms with van der Waals surface area (Å²) in [4.78, 5) is 4.32. The first-order chi connectivity index (χ1) is 8.35. The first-order valence-electron chi connectivity index (χ1n) is 5.61. The minimum Gasteiger partial charge on any atom is -0.494 e. The van der Waals surface area contributed by atoms with E-state index in [1.165, 1.54) is 0 Å². The molecule has 2 N–H and O–H groups in total. The van der Waals surface area contributed by atoms with E-state index in [1.54, 1.807) is 14.2 Å². The maximum Gasteiger partial charge on any atom is 0.147 e. The van der Waals surface area contributed by atoms with E-state index in [4.69, 9.17) is 9.47 Å². The van der Waals surface area contributed by atoms with Gasteiger partial charge < -0.3 is 9.47 Å². The minimum absolute atomic E-state index is 0. The summed E-state index contributed by atoms with van der Waals surface area (Å²) in [6.45, 7) is 0.896. The molecule has 2 rings (SSSR count). The highest BCUT2D eigenvalue weighted by Gasteiger charge is 2.11. The molecule has 0 amide bonds. The van der Waals surface area contributed by atoms with Gasteiger partial charge in [0.25, 0.3) is 0 Å². The Kier molecular flexibility index (Phi) is 5.58. The Labute approximate surface area is 113 Å². The van der Waals surface area contributed by atoms with Crippen molar-refractivity contribution in [1.29, 1.82) is 0 Å². The fourth-order valence-electron chi connectivity index (χ4n) is 1.75. The van der Waals surface area contributed by atoms with Crippen molar-refractivity contribution in [2.45, 2.75) is 12.8 Å². The summed E-state index contributed by atoms with van der Waals surface area (Å²) in [5, 5.41) is 0.